The van der Waals surface area contributed by atoms with Crippen molar-refractivity contribution in [2.24, 2.45) is 5.84 Å². The maximum absolute atomic E-state index is 14.1. The molecule has 0 amide bonds. The summed E-state index contributed by atoms with van der Waals surface area (Å²) in [6.07, 6.45) is 1.50. The summed E-state index contributed by atoms with van der Waals surface area (Å²) in [6, 6.07) is 10.1. The lowest BCUT2D eigenvalue weighted by atomic mass is 9.74. The third-order valence-corrected chi connectivity index (χ3v) is 4.53. The van der Waals surface area contributed by atoms with Crippen molar-refractivity contribution < 1.29 is 8.78 Å². The molecule has 110 valence electrons. The van der Waals surface area contributed by atoms with Crippen molar-refractivity contribution in [1.82, 2.24) is 5.43 Å². The molecule has 0 spiro atoms. The van der Waals surface area contributed by atoms with Crippen LogP contribution in [0.25, 0.3) is 0 Å². The molecular weight excluding hydrogens is 338 g/mol. The van der Waals surface area contributed by atoms with E-state index >= 15 is 0 Å². The van der Waals surface area contributed by atoms with Gasteiger partial charge in [0.1, 0.15) is 11.6 Å². The monoisotopic (exact) mass is 352 g/mol. The average molecular weight is 353 g/mol. The van der Waals surface area contributed by atoms with Gasteiger partial charge in [-0.05, 0) is 42.0 Å². The van der Waals surface area contributed by atoms with Crippen molar-refractivity contribution in [3.63, 3.8) is 0 Å². The Morgan fingerprint density at radius 2 is 1.90 bits per heavy atom. The van der Waals surface area contributed by atoms with Gasteiger partial charge in [0.05, 0.1) is 6.04 Å². The van der Waals surface area contributed by atoms with Crippen LogP contribution in [0.5, 0.6) is 0 Å². The van der Waals surface area contributed by atoms with Crippen LogP contribution < -0.4 is 11.3 Å². The Morgan fingerprint density at radius 3 is 2.52 bits per heavy atom. The molecule has 2 aromatic carbocycles. The zero-order valence-electron chi connectivity index (χ0n) is 11.2. The van der Waals surface area contributed by atoms with Crippen LogP contribution in [0.1, 0.15) is 35.1 Å². The maximum Gasteiger partial charge on any atom is 0.132 e. The molecule has 0 saturated carbocycles. The first-order valence-corrected chi connectivity index (χ1v) is 7.57. The highest BCUT2D eigenvalue weighted by Crippen LogP contribution is 2.41. The molecule has 2 unspecified atom stereocenters. The molecule has 5 heteroatoms. The first kappa shape index (κ1) is 14.6. The number of benzene rings is 2. The molecule has 0 heterocycles. The molecule has 0 aliphatic heterocycles. The summed E-state index contributed by atoms with van der Waals surface area (Å²) in [5.41, 5.74) is 5.11. The first-order chi connectivity index (χ1) is 10.1. The van der Waals surface area contributed by atoms with Crippen molar-refractivity contribution in [1.29, 1.82) is 0 Å². The fourth-order valence-electron chi connectivity index (χ4n) is 3.01. The van der Waals surface area contributed by atoms with E-state index in [1.165, 1.54) is 23.3 Å². The quantitative estimate of drug-likeness (QED) is 0.645. The first-order valence-electron chi connectivity index (χ1n) is 6.78. The molecule has 0 fully saturated rings. The van der Waals surface area contributed by atoms with E-state index in [1.807, 2.05) is 12.1 Å². The Labute approximate surface area is 130 Å². The second kappa shape index (κ2) is 5.83. The Hall–Kier alpha value is -1.30. The van der Waals surface area contributed by atoms with Gasteiger partial charge in [0, 0.05) is 10.0 Å². The number of nitrogens with two attached hydrogens (primary N) is 1. The van der Waals surface area contributed by atoms with E-state index in [0.29, 0.717) is 10.9 Å². The minimum atomic E-state index is -0.586. The van der Waals surface area contributed by atoms with Crippen LogP contribution >= 0.6 is 15.9 Å². The average Bonchev–Trinajstić information content (AvgIpc) is 2.41. The highest BCUT2D eigenvalue weighted by molar-refractivity contribution is 9.10. The van der Waals surface area contributed by atoms with Crippen LogP contribution in [0.4, 0.5) is 8.78 Å². The summed E-state index contributed by atoms with van der Waals surface area (Å²) < 4.78 is 28.5. The van der Waals surface area contributed by atoms with E-state index in [1.54, 1.807) is 0 Å². The number of hydrogen-bond acceptors (Lipinski definition) is 2. The predicted molar refractivity (Wildman–Crippen MR) is 81.6 cm³/mol. The van der Waals surface area contributed by atoms with Gasteiger partial charge in [0.25, 0.3) is 0 Å². The smallest absolute Gasteiger partial charge is 0.132 e. The highest BCUT2D eigenvalue weighted by Gasteiger charge is 2.30. The second-order valence-corrected chi connectivity index (χ2v) is 6.25. The van der Waals surface area contributed by atoms with Gasteiger partial charge >= 0.3 is 0 Å². The van der Waals surface area contributed by atoms with Crippen molar-refractivity contribution in [3.05, 3.63) is 69.2 Å². The highest BCUT2D eigenvalue weighted by atomic mass is 79.9. The van der Waals surface area contributed by atoms with Gasteiger partial charge in [-0.15, -0.1) is 0 Å². The topological polar surface area (TPSA) is 38.0 Å². The normalized spacial score (nSPS) is 18.0. The van der Waals surface area contributed by atoms with Crippen LogP contribution in [0.2, 0.25) is 0 Å². The van der Waals surface area contributed by atoms with Gasteiger partial charge in [-0.3, -0.25) is 11.3 Å². The zero-order chi connectivity index (χ0) is 15.0. The lowest BCUT2D eigenvalue weighted by molar-refractivity contribution is 0.405. The number of fused-ring (bicyclic) bond motifs is 1. The van der Waals surface area contributed by atoms with E-state index in [9.17, 15) is 8.78 Å². The largest absolute Gasteiger partial charge is 0.271 e. The number of hydrogen-bond donors (Lipinski definition) is 2. The molecule has 3 N–H and O–H groups in total. The Balaban J connectivity index is 1.85. The van der Waals surface area contributed by atoms with Gasteiger partial charge in [-0.2, -0.15) is 0 Å². The van der Waals surface area contributed by atoms with E-state index in [4.69, 9.17) is 5.84 Å². The molecule has 0 radical (unpaired) electrons. The molecular formula is C16H15BrF2N2. The SMILES string of the molecule is NNC(CC1Cc2ccccc21)c1c(F)cc(Br)cc1F. The number of halogens is 3. The van der Waals surface area contributed by atoms with E-state index in [-0.39, 0.29) is 11.5 Å². The van der Waals surface area contributed by atoms with Crippen LogP contribution in [0.15, 0.2) is 40.9 Å². The molecule has 0 aromatic heterocycles. The third kappa shape index (κ3) is 2.73. The van der Waals surface area contributed by atoms with Crippen LogP contribution in [0, 0.1) is 11.6 Å². The number of rotatable bonds is 4. The Kier molecular flexibility index (Phi) is 4.06. The molecule has 21 heavy (non-hydrogen) atoms. The van der Waals surface area contributed by atoms with Crippen molar-refractivity contribution in [3.8, 4) is 0 Å². The summed E-state index contributed by atoms with van der Waals surface area (Å²) >= 11 is 3.08. The second-order valence-electron chi connectivity index (χ2n) is 5.34. The van der Waals surface area contributed by atoms with E-state index in [2.05, 4.69) is 33.5 Å². The van der Waals surface area contributed by atoms with Crippen molar-refractivity contribution >= 4 is 15.9 Å². The van der Waals surface area contributed by atoms with Gasteiger partial charge in [0.15, 0.2) is 0 Å². The number of nitrogens with one attached hydrogen (secondary N) is 1. The predicted octanol–water partition coefficient (Wildman–Crippen LogP) is 3.96. The molecule has 1 aliphatic carbocycles. The fourth-order valence-corrected chi connectivity index (χ4v) is 3.41. The summed E-state index contributed by atoms with van der Waals surface area (Å²) in [4.78, 5) is 0. The van der Waals surface area contributed by atoms with Gasteiger partial charge in [-0.25, -0.2) is 8.78 Å². The summed E-state index contributed by atoms with van der Waals surface area (Å²) in [6.45, 7) is 0. The molecule has 1 aliphatic rings. The molecule has 2 aromatic rings. The molecule has 0 saturated heterocycles. The minimum absolute atomic E-state index is 0.00470. The number of hydrazine groups is 1. The zero-order valence-corrected chi connectivity index (χ0v) is 12.8. The van der Waals surface area contributed by atoms with Crippen molar-refractivity contribution in [2.45, 2.75) is 24.8 Å². The standard InChI is InChI=1S/C16H15BrF2N2/c17-11-7-13(18)16(14(19)8-11)15(21-20)6-10-5-9-3-1-2-4-12(9)10/h1-4,7-8,10,15,21H,5-6,20H2. The molecule has 2 nitrogen and oxygen atoms in total. The van der Waals surface area contributed by atoms with Crippen LogP contribution in [0.3, 0.4) is 0 Å². The fraction of sp³-hybridized carbons (Fsp3) is 0.250. The summed E-state index contributed by atoms with van der Waals surface area (Å²) in [5.74, 6) is 4.64. The lowest BCUT2D eigenvalue weighted by Gasteiger charge is -2.33. The molecule has 3 rings (SSSR count). The molecule has 0 bridgehead atoms. The Bertz CT molecular complexity index is 652. The van der Waals surface area contributed by atoms with Gasteiger partial charge in [0.2, 0.25) is 0 Å². The lowest BCUT2D eigenvalue weighted by Crippen LogP contribution is -2.32. The van der Waals surface area contributed by atoms with Gasteiger partial charge < -0.3 is 0 Å². The van der Waals surface area contributed by atoms with E-state index < -0.39 is 17.7 Å². The molecule has 2 atom stereocenters. The third-order valence-electron chi connectivity index (χ3n) is 4.07. The van der Waals surface area contributed by atoms with Crippen molar-refractivity contribution in [2.75, 3.05) is 0 Å². The van der Waals surface area contributed by atoms with Crippen LogP contribution in [-0.2, 0) is 6.42 Å². The van der Waals surface area contributed by atoms with Gasteiger partial charge in [-0.1, -0.05) is 40.2 Å². The minimum Gasteiger partial charge on any atom is -0.271 e. The van der Waals surface area contributed by atoms with E-state index in [0.717, 1.165) is 6.42 Å². The summed E-state index contributed by atoms with van der Waals surface area (Å²) in [5, 5.41) is 0. The summed E-state index contributed by atoms with van der Waals surface area (Å²) in [7, 11) is 0. The van der Waals surface area contributed by atoms with Crippen LogP contribution in [-0.4, -0.2) is 0 Å². The maximum atomic E-state index is 14.1. The Morgan fingerprint density at radius 1 is 1.24 bits per heavy atom.